The predicted molar refractivity (Wildman–Crippen MR) is 131 cm³/mol. The van der Waals surface area contributed by atoms with E-state index in [4.69, 9.17) is 11.6 Å². The highest BCUT2D eigenvalue weighted by molar-refractivity contribution is 6.30. The van der Waals surface area contributed by atoms with Gasteiger partial charge in [0.05, 0.1) is 6.33 Å². The molecule has 0 bridgehead atoms. The van der Waals surface area contributed by atoms with Gasteiger partial charge in [-0.2, -0.15) is 0 Å². The molecule has 0 atom stereocenters. The Morgan fingerprint density at radius 2 is 1.69 bits per heavy atom. The maximum atomic E-state index is 12.5. The fraction of sp³-hybridized carbons (Fsp3) is 0.500. The van der Waals surface area contributed by atoms with Crippen LogP contribution in [-0.4, -0.2) is 56.3 Å². The molecule has 4 rings (SSSR count). The van der Waals surface area contributed by atoms with Crippen LogP contribution in [0, 0.1) is 0 Å². The van der Waals surface area contributed by atoms with E-state index in [9.17, 15) is 9.59 Å². The average molecular weight is 481 g/mol. The van der Waals surface area contributed by atoms with Crippen LogP contribution in [0.15, 0.2) is 40.2 Å². The summed E-state index contributed by atoms with van der Waals surface area (Å²) in [6.45, 7) is 5.97. The third-order valence-corrected chi connectivity index (χ3v) is 6.37. The van der Waals surface area contributed by atoms with Crippen molar-refractivity contribution in [2.45, 2.75) is 25.8 Å². The van der Waals surface area contributed by atoms with Crippen molar-refractivity contribution in [3.8, 4) is 0 Å². The van der Waals surface area contributed by atoms with E-state index in [2.05, 4.69) is 20.9 Å². The maximum Gasteiger partial charge on any atom is 0.332 e. The smallest absolute Gasteiger partial charge is 0.332 e. The van der Waals surface area contributed by atoms with E-state index in [1.54, 1.807) is 13.4 Å². The van der Waals surface area contributed by atoms with E-state index in [1.807, 2.05) is 22.8 Å². The SMILES string of the molecule is Cl.Cn1c(=O)c2c(ncn2CCCCCN2CCN(c3cccc(Cl)c3)CC2)n(C)c1=O. The highest BCUT2D eigenvalue weighted by Gasteiger charge is 2.17. The number of nitrogens with zero attached hydrogens (tertiary/aromatic N) is 6. The Labute approximate surface area is 198 Å². The molecular weight excluding hydrogens is 451 g/mol. The van der Waals surface area contributed by atoms with Gasteiger partial charge in [0.15, 0.2) is 11.2 Å². The molecular formula is C22H30Cl2N6O2. The first-order valence-electron chi connectivity index (χ1n) is 10.8. The number of unbranched alkanes of at least 4 members (excludes halogenated alkanes) is 2. The number of rotatable bonds is 7. The summed E-state index contributed by atoms with van der Waals surface area (Å²) in [5.41, 5.74) is 1.52. The summed E-state index contributed by atoms with van der Waals surface area (Å²) in [4.78, 5) is 33.7. The second-order valence-electron chi connectivity index (χ2n) is 8.19. The summed E-state index contributed by atoms with van der Waals surface area (Å²) < 4.78 is 4.45. The highest BCUT2D eigenvalue weighted by Crippen LogP contribution is 2.21. The minimum absolute atomic E-state index is 0. The molecule has 0 amide bonds. The molecule has 1 aliphatic rings. The third-order valence-electron chi connectivity index (χ3n) is 6.14. The number of aryl methyl sites for hydroxylation is 2. The van der Waals surface area contributed by atoms with E-state index in [-0.39, 0.29) is 23.7 Å². The van der Waals surface area contributed by atoms with Crippen LogP contribution in [-0.2, 0) is 20.6 Å². The molecule has 10 heteroatoms. The molecule has 32 heavy (non-hydrogen) atoms. The number of anilines is 1. The molecule has 1 fully saturated rings. The topological polar surface area (TPSA) is 68.3 Å². The van der Waals surface area contributed by atoms with Crippen LogP contribution in [0.2, 0.25) is 5.02 Å². The Morgan fingerprint density at radius 3 is 2.41 bits per heavy atom. The van der Waals surface area contributed by atoms with Gasteiger partial charge in [-0.05, 0) is 37.6 Å². The summed E-state index contributed by atoms with van der Waals surface area (Å²) in [6, 6.07) is 8.06. The Morgan fingerprint density at radius 1 is 0.969 bits per heavy atom. The van der Waals surface area contributed by atoms with Crippen molar-refractivity contribution in [2.75, 3.05) is 37.6 Å². The first kappa shape index (κ1) is 24.4. The largest absolute Gasteiger partial charge is 0.369 e. The van der Waals surface area contributed by atoms with E-state index in [0.717, 1.165) is 68.1 Å². The summed E-state index contributed by atoms with van der Waals surface area (Å²) >= 11 is 6.11. The van der Waals surface area contributed by atoms with Crippen LogP contribution in [0.25, 0.3) is 11.2 Å². The summed E-state index contributed by atoms with van der Waals surface area (Å²) in [6.07, 6.45) is 4.85. The number of halogens is 2. The molecule has 1 aromatic carbocycles. The van der Waals surface area contributed by atoms with Gasteiger partial charge in [-0.3, -0.25) is 18.8 Å². The quantitative estimate of drug-likeness (QED) is 0.486. The van der Waals surface area contributed by atoms with Crippen molar-refractivity contribution in [3.63, 3.8) is 0 Å². The molecule has 0 saturated carbocycles. The van der Waals surface area contributed by atoms with Crippen LogP contribution >= 0.6 is 24.0 Å². The second-order valence-corrected chi connectivity index (χ2v) is 8.62. The fourth-order valence-electron chi connectivity index (χ4n) is 4.26. The molecule has 0 unspecified atom stereocenters. The van der Waals surface area contributed by atoms with Crippen molar-refractivity contribution in [1.29, 1.82) is 0 Å². The second kappa shape index (κ2) is 10.6. The first-order valence-corrected chi connectivity index (χ1v) is 11.2. The van der Waals surface area contributed by atoms with E-state index in [0.29, 0.717) is 11.2 Å². The van der Waals surface area contributed by atoms with Crippen molar-refractivity contribution in [1.82, 2.24) is 23.6 Å². The fourth-order valence-corrected chi connectivity index (χ4v) is 4.45. The van der Waals surface area contributed by atoms with Crippen molar-refractivity contribution in [3.05, 3.63) is 56.5 Å². The maximum absolute atomic E-state index is 12.5. The lowest BCUT2D eigenvalue weighted by atomic mass is 10.2. The van der Waals surface area contributed by atoms with E-state index >= 15 is 0 Å². The molecule has 3 heterocycles. The molecule has 0 spiro atoms. The number of aromatic nitrogens is 4. The Bertz CT molecular complexity index is 1180. The number of hydrogen-bond donors (Lipinski definition) is 0. The Balaban J connectivity index is 0.00000289. The third kappa shape index (κ3) is 5.03. The molecule has 0 aliphatic carbocycles. The standard InChI is InChI=1S/C22H29ClN6O2.ClH/c1-25-20-19(21(30)26(2)22(25)31)29(16-24-20)10-5-3-4-9-27-11-13-28(14-12-27)18-8-6-7-17(23)15-18;/h6-8,15-16H,3-5,9-14H2,1-2H3;1H. The number of fused-ring (bicyclic) bond motifs is 1. The predicted octanol–water partition coefficient (Wildman–Crippen LogP) is 2.50. The summed E-state index contributed by atoms with van der Waals surface area (Å²) in [7, 11) is 3.15. The first-order chi connectivity index (χ1) is 15.0. The van der Waals surface area contributed by atoms with Crippen LogP contribution in [0.4, 0.5) is 5.69 Å². The molecule has 3 aromatic rings. The monoisotopic (exact) mass is 480 g/mol. The van der Waals surface area contributed by atoms with Gasteiger partial charge in [-0.1, -0.05) is 24.1 Å². The highest BCUT2D eigenvalue weighted by atomic mass is 35.5. The lowest BCUT2D eigenvalue weighted by molar-refractivity contribution is 0.251. The van der Waals surface area contributed by atoms with Crippen molar-refractivity contribution < 1.29 is 0 Å². The Hall–Kier alpha value is -2.29. The summed E-state index contributed by atoms with van der Waals surface area (Å²) in [5, 5.41) is 0.783. The normalized spacial score (nSPS) is 14.7. The van der Waals surface area contributed by atoms with Gasteiger partial charge in [0.25, 0.3) is 5.56 Å². The zero-order chi connectivity index (χ0) is 22.0. The molecule has 0 N–H and O–H groups in total. The lowest BCUT2D eigenvalue weighted by Crippen LogP contribution is -2.46. The molecule has 174 valence electrons. The molecule has 1 saturated heterocycles. The minimum Gasteiger partial charge on any atom is -0.369 e. The zero-order valence-corrected chi connectivity index (χ0v) is 20.1. The lowest BCUT2D eigenvalue weighted by Gasteiger charge is -2.36. The van der Waals surface area contributed by atoms with E-state index in [1.165, 1.54) is 17.3 Å². The van der Waals surface area contributed by atoms with Gasteiger partial charge in [-0.15, -0.1) is 12.4 Å². The number of benzene rings is 1. The van der Waals surface area contributed by atoms with Crippen LogP contribution in [0.1, 0.15) is 19.3 Å². The average Bonchev–Trinajstić information content (AvgIpc) is 3.20. The molecule has 1 aliphatic heterocycles. The van der Waals surface area contributed by atoms with Gasteiger partial charge in [-0.25, -0.2) is 9.78 Å². The minimum atomic E-state index is -0.349. The van der Waals surface area contributed by atoms with E-state index < -0.39 is 0 Å². The van der Waals surface area contributed by atoms with Crippen LogP contribution in [0.3, 0.4) is 0 Å². The van der Waals surface area contributed by atoms with Gasteiger partial charge in [0, 0.05) is 57.5 Å². The van der Waals surface area contributed by atoms with Crippen LogP contribution < -0.4 is 16.1 Å². The van der Waals surface area contributed by atoms with Gasteiger partial charge >= 0.3 is 5.69 Å². The number of imidazole rings is 1. The number of piperazine rings is 1. The Kier molecular flexibility index (Phi) is 8.03. The molecule has 0 radical (unpaired) electrons. The van der Waals surface area contributed by atoms with Crippen molar-refractivity contribution >= 4 is 40.9 Å². The van der Waals surface area contributed by atoms with Crippen molar-refractivity contribution in [2.24, 2.45) is 14.1 Å². The molecule has 2 aromatic heterocycles. The number of hydrogen-bond acceptors (Lipinski definition) is 5. The molecule has 8 nitrogen and oxygen atoms in total. The van der Waals surface area contributed by atoms with Crippen LogP contribution in [0.5, 0.6) is 0 Å². The summed E-state index contributed by atoms with van der Waals surface area (Å²) in [5.74, 6) is 0. The van der Waals surface area contributed by atoms with Gasteiger partial charge in [0.1, 0.15) is 0 Å². The van der Waals surface area contributed by atoms with Gasteiger partial charge < -0.3 is 9.47 Å². The van der Waals surface area contributed by atoms with Gasteiger partial charge in [0.2, 0.25) is 0 Å². The zero-order valence-electron chi connectivity index (χ0n) is 18.5.